The van der Waals surface area contributed by atoms with Gasteiger partial charge in [0.25, 0.3) is 17.5 Å². The molecule has 2 aromatic carbocycles. The van der Waals surface area contributed by atoms with Crippen LogP contribution in [0.4, 0.5) is 5.69 Å². The molecule has 1 atom stereocenters. The number of benzene rings is 2. The van der Waals surface area contributed by atoms with Crippen molar-refractivity contribution in [2.24, 2.45) is 11.0 Å². The van der Waals surface area contributed by atoms with Gasteiger partial charge in [-0.1, -0.05) is 13.8 Å². The van der Waals surface area contributed by atoms with E-state index in [1.807, 2.05) is 0 Å². The van der Waals surface area contributed by atoms with Gasteiger partial charge in [0.05, 0.1) is 11.1 Å². The van der Waals surface area contributed by atoms with Crippen LogP contribution in [-0.4, -0.2) is 35.8 Å². The summed E-state index contributed by atoms with van der Waals surface area (Å²) in [5.74, 6) is 0.773. The second kappa shape index (κ2) is 10.3. The Kier molecular flexibility index (Phi) is 7.00. The Balaban J connectivity index is 1.38. The maximum absolute atomic E-state index is 12.7. The van der Waals surface area contributed by atoms with Crippen molar-refractivity contribution in [3.05, 3.63) is 75.5 Å². The smallest absolute Gasteiger partial charge is 0.269 e. The lowest BCUT2D eigenvalue weighted by Gasteiger charge is -2.20. The first-order valence-electron chi connectivity index (χ1n) is 11.1. The Bertz CT molecular complexity index is 1350. The van der Waals surface area contributed by atoms with Gasteiger partial charge in [-0.25, -0.2) is 5.43 Å². The summed E-state index contributed by atoms with van der Waals surface area (Å²) < 4.78 is 16.3. The normalized spacial score (nSPS) is 13.1. The minimum Gasteiger partial charge on any atom is -0.455 e. The van der Waals surface area contributed by atoms with E-state index in [1.165, 1.54) is 18.3 Å². The molecule has 11 heteroatoms. The largest absolute Gasteiger partial charge is 0.455 e. The molecule has 1 aliphatic heterocycles. The highest BCUT2D eigenvalue weighted by molar-refractivity contribution is 5.98. The molecule has 0 aliphatic carbocycles. The van der Waals surface area contributed by atoms with Gasteiger partial charge in [0, 0.05) is 23.3 Å². The Labute approximate surface area is 206 Å². The van der Waals surface area contributed by atoms with Crippen LogP contribution in [0.15, 0.2) is 58.0 Å². The molecule has 11 nitrogen and oxygen atoms in total. The predicted molar refractivity (Wildman–Crippen MR) is 130 cm³/mol. The third-order valence-corrected chi connectivity index (χ3v) is 5.55. The third kappa shape index (κ3) is 5.35. The van der Waals surface area contributed by atoms with Crippen LogP contribution in [0.2, 0.25) is 0 Å². The van der Waals surface area contributed by atoms with Crippen molar-refractivity contribution in [1.82, 2.24) is 10.7 Å². The number of non-ortho nitro benzene ring substituents is 1. The van der Waals surface area contributed by atoms with Crippen LogP contribution in [0.3, 0.4) is 0 Å². The monoisotopic (exact) mass is 492 g/mol. The Morgan fingerprint density at radius 1 is 1.08 bits per heavy atom. The average molecular weight is 492 g/mol. The predicted octanol–water partition coefficient (Wildman–Crippen LogP) is 3.80. The standard InChI is InChI=1S/C25H24N4O7/c1-14(2)23(27-24(30)16-4-8-21-22(11-16)35-13-34-21)25(31)28-26-12-18-6-9-20(36-18)19-7-5-17(29(32)33)10-15(19)3/h4-12,14,23H,13H2,1-3H3,(H,27,30)(H,28,31)/b26-12-/t23-/m0/s1. The van der Waals surface area contributed by atoms with Crippen LogP contribution >= 0.6 is 0 Å². The van der Waals surface area contributed by atoms with E-state index in [0.717, 1.165) is 0 Å². The van der Waals surface area contributed by atoms with Crippen molar-refractivity contribution in [1.29, 1.82) is 0 Å². The Hall–Kier alpha value is -4.67. The molecule has 2 heterocycles. The maximum atomic E-state index is 12.7. The number of nitrogens with one attached hydrogen (secondary N) is 2. The van der Waals surface area contributed by atoms with Crippen molar-refractivity contribution >= 4 is 23.7 Å². The molecule has 0 bridgehead atoms. The molecule has 1 aromatic heterocycles. The molecule has 2 N–H and O–H groups in total. The summed E-state index contributed by atoms with van der Waals surface area (Å²) in [6.45, 7) is 5.46. The van der Waals surface area contributed by atoms with E-state index in [2.05, 4.69) is 15.8 Å². The molecule has 0 radical (unpaired) electrons. The lowest BCUT2D eigenvalue weighted by molar-refractivity contribution is -0.384. The summed E-state index contributed by atoms with van der Waals surface area (Å²) >= 11 is 0. The van der Waals surface area contributed by atoms with E-state index in [-0.39, 0.29) is 18.4 Å². The minimum atomic E-state index is -0.838. The van der Waals surface area contributed by atoms with Gasteiger partial charge in [-0.2, -0.15) is 5.10 Å². The summed E-state index contributed by atoms with van der Waals surface area (Å²) in [5.41, 5.74) is 4.16. The molecule has 0 saturated carbocycles. The van der Waals surface area contributed by atoms with Gasteiger partial charge in [-0.3, -0.25) is 19.7 Å². The van der Waals surface area contributed by atoms with Crippen molar-refractivity contribution in [2.45, 2.75) is 26.8 Å². The number of fused-ring (bicyclic) bond motifs is 1. The van der Waals surface area contributed by atoms with Crippen LogP contribution in [0, 0.1) is 23.0 Å². The average Bonchev–Trinajstić information content (AvgIpc) is 3.51. The zero-order chi connectivity index (χ0) is 25.8. The fraction of sp³-hybridized carbons (Fsp3) is 0.240. The fourth-order valence-electron chi connectivity index (χ4n) is 3.63. The summed E-state index contributed by atoms with van der Waals surface area (Å²) in [7, 11) is 0. The zero-order valence-electron chi connectivity index (χ0n) is 19.8. The van der Waals surface area contributed by atoms with Gasteiger partial charge in [-0.15, -0.1) is 0 Å². The van der Waals surface area contributed by atoms with Crippen LogP contribution in [0.1, 0.15) is 35.5 Å². The van der Waals surface area contributed by atoms with Gasteiger partial charge >= 0.3 is 0 Å². The number of nitrogens with zero attached hydrogens (tertiary/aromatic N) is 2. The first-order valence-corrected chi connectivity index (χ1v) is 11.1. The fourth-order valence-corrected chi connectivity index (χ4v) is 3.63. The summed E-state index contributed by atoms with van der Waals surface area (Å²) in [6.07, 6.45) is 1.33. The maximum Gasteiger partial charge on any atom is 0.269 e. The molecule has 0 unspecified atom stereocenters. The molecule has 0 fully saturated rings. The number of nitro groups is 1. The number of hydrogen-bond donors (Lipinski definition) is 2. The number of nitro benzene ring substituents is 1. The number of aryl methyl sites for hydroxylation is 1. The quantitative estimate of drug-likeness (QED) is 0.276. The molecule has 1 aliphatic rings. The topological polar surface area (TPSA) is 145 Å². The number of hydrogen-bond acceptors (Lipinski definition) is 8. The van der Waals surface area contributed by atoms with Gasteiger partial charge in [0.15, 0.2) is 11.5 Å². The van der Waals surface area contributed by atoms with E-state index in [9.17, 15) is 19.7 Å². The first-order chi connectivity index (χ1) is 17.2. The van der Waals surface area contributed by atoms with Crippen LogP contribution < -0.4 is 20.2 Å². The number of carbonyl (C=O) groups excluding carboxylic acids is 2. The molecule has 3 aromatic rings. The second-order valence-corrected chi connectivity index (χ2v) is 8.46. The molecule has 0 saturated heterocycles. The minimum absolute atomic E-state index is 0.00220. The molecule has 4 rings (SSSR count). The Morgan fingerprint density at radius 3 is 2.58 bits per heavy atom. The SMILES string of the molecule is Cc1cc([N+](=O)[O-])ccc1-c1ccc(/C=N\NC(=O)[C@@H](NC(=O)c2ccc3c(c2)OCO3)C(C)C)o1. The molecular formula is C25H24N4O7. The van der Waals surface area contributed by atoms with Crippen molar-refractivity contribution in [3.8, 4) is 22.8 Å². The highest BCUT2D eigenvalue weighted by Gasteiger charge is 2.25. The van der Waals surface area contributed by atoms with Gasteiger partial charge < -0.3 is 19.2 Å². The van der Waals surface area contributed by atoms with E-state index < -0.39 is 22.8 Å². The van der Waals surface area contributed by atoms with Crippen molar-refractivity contribution in [3.63, 3.8) is 0 Å². The zero-order valence-corrected chi connectivity index (χ0v) is 19.8. The van der Waals surface area contributed by atoms with Crippen molar-refractivity contribution < 1.29 is 28.4 Å². The van der Waals surface area contributed by atoms with Crippen LogP contribution in [-0.2, 0) is 4.79 Å². The molecule has 36 heavy (non-hydrogen) atoms. The second-order valence-electron chi connectivity index (χ2n) is 8.46. The highest BCUT2D eigenvalue weighted by Crippen LogP contribution is 2.32. The Morgan fingerprint density at radius 2 is 1.86 bits per heavy atom. The van der Waals surface area contributed by atoms with E-state index in [1.54, 1.807) is 57.2 Å². The highest BCUT2D eigenvalue weighted by atomic mass is 16.7. The number of furan rings is 1. The first kappa shape index (κ1) is 24.5. The van der Waals surface area contributed by atoms with Crippen LogP contribution in [0.25, 0.3) is 11.3 Å². The molecule has 2 amide bonds. The summed E-state index contributed by atoms with van der Waals surface area (Å²) in [5, 5.41) is 17.6. The number of rotatable bonds is 8. The molecule has 0 spiro atoms. The summed E-state index contributed by atoms with van der Waals surface area (Å²) in [4.78, 5) is 35.9. The number of ether oxygens (including phenoxy) is 2. The lowest BCUT2D eigenvalue weighted by Crippen LogP contribution is -2.48. The third-order valence-electron chi connectivity index (χ3n) is 5.55. The van der Waals surface area contributed by atoms with E-state index in [4.69, 9.17) is 13.9 Å². The molecular weight excluding hydrogens is 468 g/mol. The van der Waals surface area contributed by atoms with Crippen LogP contribution in [0.5, 0.6) is 11.5 Å². The number of amides is 2. The van der Waals surface area contributed by atoms with Gasteiger partial charge in [0.1, 0.15) is 17.6 Å². The van der Waals surface area contributed by atoms with Crippen molar-refractivity contribution in [2.75, 3.05) is 6.79 Å². The van der Waals surface area contributed by atoms with Gasteiger partial charge in [0.2, 0.25) is 6.79 Å². The lowest BCUT2D eigenvalue weighted by atomic mass is 10.0. The van der Waals surface area contributed by atoms with E-state index >= 15 is 0 Å². The number of hydrazone groups is 1. The number of carbonyl (C=O) groups is 2. The van der Waals surface area contributed by atoms with E-state index in [0.29, 0.717) is 39.7 Å². The van der Waals surface area contributed by atoms with Gasteiger partial charge in [-0.05, 0) is 54.8 Å². The summed E-state index contributed by atoms with van der Waals surface area (Å²) in [6, 6.07) is 11.8. The molecule has 186 valence electrons.